The summed E-state index contributed by atoms with van der Waals surface area (Å²) in [4.78, 5) is 2.43. The minimum atomic E-state index is -0.439. The molecule has 0 radical (unpaired) electrons. The van der Waals surface area contributed by atoms with Gasteiger partial charge in [-0.05, 0) is 80.4 Å². The molecule has 7 aromatic rings. The molecule has 224 valence electrons. The van der Waals surface area contributed by atoms with Crippen molar-refractivity contribution in [3.8, 4) is 22.3 Å². The van der Waals surface area contributed by atoms with Crippen molar-refractivity contribution in [2.75, 3.05) is 4.90 Å². The molecule has 47 heavy (non-hydrogen) atoms. The molecular formula is C46H35N. The van der Waals surface area contributed by atoms with Crippen LogP contribution in [0.2, 0.25) is 0 Å². The van der Waals surface area contributed by atoms with E-state index in [-0.39, 0.29) is 5.41 Å². The topological polar surface area (TPSA) is 3.24 Å². The Kier molecular flexibility index (Phi) is 6.14. The number of rotatable bonds is 4. The average molecular weight is 602 g/mol. The van der Waals surface area contributed by atoms with Gasteiger partial charge in [0.1, 0.15) is 0 Å². The summed E-state index contributed by atoms with van der Waals surface area (Å²) in [7, 11) is 0. The van der Waals surface area contributed by atoms with E-state index in [9.17, 15) is 0 Å². The lowest BCUT2D eigenvalue weighted by Gasteiger charge is -2.46. The van der Waals surface area contributed by atoms with Crippen LogP contribution in [-0.4, -0.2) is 0 Å². The molecule has 0 amide bonds. The first kappa shape index (κ1) is 27.6. The number of fused-ring (bicyclic) bond motifs is 9. The van der Waals surface area contributed by atoms with Crippen LogP contribution in [0.4, 0.5) is 17.1 Å². The number of para-hydroxylation sites is 2. The number of hydrogen-bond donors (Lipinski definition) is 0. The minimum absolute atomic E-state index is 0.127. The molecule has 2 aliphatic carbocycles. The third kappa shape index (κ3) is 3.90. The van der Waals surface area contributed by atoms with Crippen molar-refractivity contribution in [1.82, 2.24) is 0 Å². The standard InChI is InChI=1S/C46H35N/c1-45(2)39-24-12-14-26-41(39)46(42-27-15-13-25-40(42)45)38-23-11-9-22-36(38)37-30-29-34(31-43(37)46)47(33-19-7-4-8-20-33)44-28-16-10-21-35(44)32-17-5-3-6-18-32/h3-31H,1-2H3. The normalized spacial score (nSPS) is 14.5. The van der Waals surface area contributed by atoms with E-state index < -0.39 is 5.41 Å². The highest BCUT2D eigenvalue weighted by atomic mass is 15.1. The van der Waals surface area contributed by atoms with Gasteiger partial charge in [0.2, 0.25) is 0 Å². The molecule has 0 atom stereocenters. The first-order valence-electron chi connectivity index (χ1n) is 16.5. The van der Waals surface area contributed by atoms with Gasteiger partial charge in [-0.1, -0.05) is 159 Å². The van der Waals surface area contributed by atoms with E-state index in [0.717, 1.165) is 17.1 Å². The second-order valence-corrected chi connectivity index (χ2v) is 13.3. The highest BCUT2D eigenvalue weighted by Gasteiger charge is 2.53. The number of nitrogens with zero attached hydrogens (tertiary/aromatic N) is 1. The average Bonchev–Trinajstić information content (AvgIpc) is 3.42. The second-order valence-electron chi connectivity index (χ2n) is 13.3. The minimum Gasteiger partial charge on any atom is -0.310 e. The third-order valence-corrected chi connectivity index (χ3v) is 10.5. The van der Waals surface area contributed by atoms with Crippen molar-refractivity contribution in [1.29, 1.82) is 0 Å². The molecule has 0 aliphatic heterocycles. The Morgan fingerprint density at radius 1 is 0.362 bits per heavy atom. The summed E-state index contributed by atoms with van der Waals surface area (Å²) in [5, 5.41) is 0. The summed E-state index contributed by atoms with van der Waals surface area (Å²) in [6.07, 6.45) is 0. The van der Waals surface area contributed by atoms with Gasteiger partial charge in [-0.15, -0.1) is 0 Å². The van der Waals surface area contributed by atoms with Gasteiger partial charge in [-0.3, -0.25) is 0 Å². The fraction of sp³-hybridized carbons (Fsp3) is 0.0870. The van der Waals surface area contributed by atoms with Gasteiger partial charge in [0.25, 0.3) is 0 Å². The zero-order valence-electron chi connectivity index (χ0n) is 26.7. The van der Waals surface area contributed by atoms with E-state index in [1.165, 1.54) is 55.6 Å². The molecule has 0 bridgehead atoms. The van der Waals surface area contributed by atoms with Crippen LogP contribution in [-0.2, 0) is 10.8 Å². The molecule has 1 spiro atoms. The number of benzene rings is 7. The number of anilines is 3. The van der Waals surface area contributed by atoms with Crippen molar-refractivity contribution in [2.45, 2.75) is 24.7 Å². The Hall–Kier alpha value is -5.66. The Morgan fingerprint density at radius 3 is 1.51 bits per heavy atom. The van der Waals surface area contributed by atoms with Crippen LogP contribution in [0.1, 0.15) is 47.2 Å². The van der Waals surface area contributed by atoms with E-state index >= 15 is 0 Å². The van der Waals surface area contributed by atoms with E-state index in [4.69, 9.17) is 0 Å². The summed E-state index contributed by atoms with van der Waals surface area (Å²) >= 11 is 0. The molecular weight excluding hydrogens is 567 g/mol. The van der Waals surface area contributed by atoms with Gasteiger partial charge in [0.15, 0.2) is 0 Å². The predicted octanol–water partition coefficient (Wildman–Crippen LogP) is 11.8. The van der Waals surface area contributed by atoms with Crippen molar-refractivity contribution in [3.05, 3.63) is 209 Å². The van der Waals surface area contributed by atoms with Crippen LogP contribution in [0.25, 0.3) is 22.3 Å². The zero-order valence-corrected chi connectivity index (χ0v) is 26.7. The van der Waals surface area contributed by atoms with E-state index in [2.05, 4.69) is 195 Å². The monoisotopic (exact) mass is 601 g/mol. The molecule has 9 rings (SSSR count). The summed E-state index contributed by atoms with van der Waals surface area (Å²) in [5.41, 5.74) is 16.1. The van der Waals surface area contributed by atoms with E-state index in [1.54, 1.807) is 0 Å². The van der Waals surface area contributed by atoms with Gasteiger partial charge in [-0.2, -0.15) is 0 Å². The highest BCUT2D eigenvalue weighted by molar-refractivity contribution is 5.93. The molecule has 2 aliphatic rings. The maximum Gasteiger partial charge on any atom is 0.0720 e. The lowest BCUT2D eigenvalue weighted by molar-refractivity contribution is 0.563. The number of hydrogen-bond acceptors (Lipinski definition) is 1. The zero-order chi connectivity index (χ0) is 31.6. The summed E-state index contributed by atoms with van der Waals surface area (Å²) in [6.45, 7) is 4.76. The third-order valence-electron chi connectivity index (χ3n) is 10.5. The Morgan fingerprint density at radius 2 is 0.851 bits per heavy atom. The van der Waals surface area contributed by atoms with Crippen LogP contribution < -0.4 is 4.90 Å². The molecule has 0 heterocycles. The Bertz CT molecular complexity index is 2230. The van der Waals surface area contributed by atoms with Crippen LogP contribution in [0.3, 0.4) is 0 Å². The summed E-state index contributed by atoms with van der Waals surface area (Å²) < 4.78 is 0. The SMILES string of the molecule is CC1(C)c2ccccc2C2(c3ccccc3-c3ccc(N(c4ccccc4)c4ccccc4-c4ccccc4)cc32)c2ccccc21. The van der Waals surface area contributed by atoms with Crippen molar-refractivity contribution < 1.29 is 0 Å². The molecule has 1 nitrogen and oxygen atoms in total. The highest BCUT2D eigenvalue weighted by Crippen LogP contribution is 2.62. The quantitative estimate of drug-likeness (QED) is 0.194. The Labute approximate surface area is 277 Å². The molecule has 0 unspecified atom stereocenters. The predicted molar refractivity (Wildman–Crippen MR) is 196 cm³/mol. The van der Waals surface area contributed by atoms with Crippen molar-refractivity contribution in [2.24, 2.45) is 0 Å². The molecule has 0 N–H and O–H groups in total. The molecule has 7 aromatic carbocycles. The van der Waals surface area contributed by atoms with Gasteiger partial charge in [0, 0.05) is 22.4 Å². The lowest BCUT2D eigenvalue weighted by Crippen LogP contribution is -2.40. The summed E-state index contributed by atoms with van der Waals surface area (Å²) in [6, 6.07) is 64.9. The van der Waals surface area contributed by atoms with E-state index in [0.29, 0.717) is 0 Å². The fourth-order valence-corrected chi connectivity index (χ4v) is 8.52. The van der Waals surface area contributed by atoms with Gasteiger partial charge >= 0.3 is 0 Å². The summed E-state index contributed by atoms with van der Waals surface area (Å²) in [5.74, 6) is 0. The maximum atomic E-state index is 2.48. The smallest absolute Gasteiger partial charge is 0.0720 e. The molecule has 0 aromatic heterocycles. The molecule has 1 heteroatoms. The van der Waals surface area contributed by atoms with Crippen LogP contribution in [0.15, 0.2) is 176 Å². The first-order valence-corrected chi connectivity index (χ1v) is 16.5. The van der Waals surface area contributed by atoms with Gasteiger partial charge in [0.05, 0.1) is 11.1 Å². The second kappa shape index (κ2) is 10.4. The lowest BCUT2D eigenvalue weighted by atomic mass is 9.55. The van der Waals surface area contributed by atoms with Crippen LogP contribution >= 0.6 is 0 Å². The van der Waals surface area contributed by atoms with Gasteiger partial charge in [-0.25, -0.2) is 0 Å². The van der Waals surface area contributed by atoms with Crippen LogP contribution in [0, 0.1) is 0 Å². The molecule has 0 fully saturated rings. The Balaban J connectivity index is 1.37. The van der Waals surface area contributed by atoms with Gasteiger partial charge < -0.3 is 4.90 Å². The van der Waals surface area contributed by atoms with Crippen molar-refractivity contribution >= 4 is 17.1 Å². The fourth-order valence-electron chi connectivity index (χ4n) is 8.52. The molecule has 0 saturated heterocycles. The maximum absolute atomic E-state index is 2.48. The van der Waals surface area contributed by atoms with Crippen LogP contribution in [0.5, 0.6) is 0 Å². The van der Waals surface area contributed by atoms with Crippen molar-refractivity contribution in [3.63, 3.8) is 0 Å². The molecule has 0 saturated carbocycles. The first-order chi connectivity index (χ1) is 23.1. The van der Waals surface area contributed by atoms with E-state index in [1.807, 2.05) is 0 Å². The largest absolute Gasteiger partial charge is 0.310 e.